The number of carbonyl (C=O) groups is 1. The van der Waals surface area contributed by atoms with E-state index in [0.717, 1.165) is 5.56 Å². The van der Waals surface area contributed by atoms with Gasteiger partial charge in [-0.3, -0.25) is 19.1 Å². The molecule has 0 bridgehead atoms. The van der Waals surface area contributed by atoms with Crippen molar-refractivity contribution in [1.82, 2.24) is 14.5 Å². The quantitative estimate of drug-likeness (QED) is 0.748. The molecule has 0 aliphatic carbocycles. The maximum atomic E-state index is 12.4. The van der Waals surface area contributed by atoms with E-state index in [1.807, 2.05) is 18.2 Å². The van der Waals surface area contributed by atoms with E-state index in [-0.39, 0.29) is 18.9 Å². The van der Waals surface area contributed by atoms with Gasteiger partial charge >= 0.3 is 5.69 Å². The third-order valence-electron chi connectivity index (χ3n) is 4.19. The molecule has 3 aromatic rings. The third-order valence-corrected chi connectivity index (χ3v) is 4.42. The standard InChI is InChI=1S/C19H18ClN3O3/c1-22(12-13-5-4-6-14(20)11-13)17(24)9-10-23-16-8-3-2-7-15(16)18(25)21-19(23)26/h2-8,11H,9-10,12H2,1H3,(H,21,25,26). The van der Waals surface area contributed by atoms with Crippen molar-refractivity contribution < 1.29 is 4.79 Å². The van der Waals surface area contributed by atoms with E-state index >= 15 is 0 Å². The fourth-order valence-corrected chi connectivity index (χ4v) is 3.07. The number of benzene rings is 2. The van der Waals surface area contributed by atoms with E-state index in [4.69, 9.17) is 11.6 Å². The van der Waals surface area contributed by atoms with Crippen LogP contribution < -0.4 is 11.2 Å². The molecule has 0 spiro atoms. The van der Waals surface area contributed by atoms with Gasteiger partial charge in [0.1, 0.15) is 0 Å². The Labute approximate surface area is 154 Å². The van der Waals surface area contributed by atoms with Gasteiger partial charge in [-0.05, 0) is 29.8 Å². The van der Waals surface area contributed by atoms with Gasteiger partial charge in [0.05, 0.1) is 10.9 Å². The van der Waals surface area contributed by atoms with Crippen LogP contribution in [0, 0.1) is 0 Å². The summed E-state index contributed by atoms with van der Waals surface area (Å²) in [5, 5.41) is 1.04. The first-order valence-corrected chi connectivity index (χ1v) is 8.54. The van der Waals surface area contributed by atoms with Gasteiger partial charge in [-0.1, -0.05) is 35.9 Å². The minimum atomic E-state index is -0.515. The minimum absolute atomic E-state index is 0.104. The first kappa shape index (κ1) is 17.9. The Bertz CT molecular complexity index is 1070. The number of H-pyrrole nitrogens is 1. The highest BCUT2D eigenvalue weighted by Crippen LogP contribution is 2.13. The van der Waals surface area contributed by atoms with E-state index < -0.39 is 11.2 Å². The Morgan fingerprint density at radius 2 is 1.92 bits per heavy atom. The first-order valence-electron chi connectivity index (χ1n) is 8.16. The van der Waals surface area contributed by atoms with E-state index in [9.17, 15) is 14.4 Å². The topological polar surface area (TPSA) is 75.2 Å². The number of hydrogen-bond acceptors (Lipinski definition) is 3. The zero-order valence-corrected chi connectivity index (χ0v) is 15.0. The molecule has 1 amide bonds. The molecule has 0 saturated heterocycles. The maximum Gasteiger partial charge on any atom is 0.328 e. The zero-order chi connectivity index (χ0) is 18.7. The first-order chi connectivity index (χ1) is 12.5. The predicted octanol–water partition coefficient (Wildman–Crippen LogP) is 2.39. The molecule has 6 nitrogen and oxygen atoms in total. The number of nitrogens with one attached hydrogen (secondary N) is 1. The van der Waals surface area contributed by atoms with Gasteiger partial charge in [-0.2, -0.15) is 0 Å². The lowest BCUT2D eigenvalue weighted by molar-refractivity contribution is -0.130. The molecule has 26 heavy (non-hydrogen) atoms. The molecular weight excluding hydrogens is 354 g/mol. The molecule has 0 atom stereocenters. The van der Waals surface area contributed by atoms with Gasteiger partial charge in [0.25, 0.3) is 5.56 Å². The molecule has 0 aliphatic heterocycles. The molecule has 2 aromatic carbocycles. The number of carbonyl (C=O) groups excluding carboxylic acids is 1. The number of aryl methyl sites for hydroxylation is 1. The molecular formula is C19H18ClN3O3. The highest BCUT2D eigenvalue weighted by atomic mass is 35.5. The van der Waals surface area contributed by atoms with Crippen LogP contribution in [0.15, 0.2) is 58.1 Å². The Kier molecular flexibility index (Phi) is 5.23. The van der Waals surface area contributed by atoms with Crippen molar-refractivity contribution in [2.45, 2.75) is 19.5 Å². The largest absolute Gasteiger partial charge is 0.341 e. The van der Waals surface area contributed by atoms with Crippen LogP contribution in [-0.4, -0.2) is 27.4 Å². The van der Waals surface area contributed by atoms with Crippen molar-refractivity contribution in [3.05, 3.63) is 80.0 Å². The molecule has 134 valence electrons. The van der Waals surface area contributed by atoms with E-state index in [1.54, 1.807) is 42.3 Å². The highest BCUT2D eigenvalue weighted by molar-refractivity contribution is 6.30. The second-order valence-corrected chi connectivity index (χ2v) is 6.49. The summed E-state index contributed by atoms with van der Waals surface area (Å²) in [6.07, 6.45) is 0.146. The van der Waals surface area contributed by atoms with Crippen LogP contribution in [0.1, 0.15) is 12.0 Å². The van der Waals surface area contributed by atoms with E-state index in [0.29, 0.717) is 22.5 Å². The number of rotatable bonds is 5. The number of fused-ring (bicyclic) bond motifs is 1. The van der Waals surface area contributed by atoms with Crippen molar-refractivity contribution >= 4 is 28.4 Å². The summed E-state index contributed by atoms with van der Waals surface area (Å²) in [6.45, 7) is 0.621. The van der Waals surface area contributed by atoms with Crippen molar-refractivity contribution in [1.29, 1.82) is 0 Å². The summed E-state index contributed by atoms with van der Waals surface area (Å²) in [6, 6.07) is 14.2. The molecule has 1 heterocycles. The molecule has 0 saturated carbocycles. The monoisotopic (exact) mass is 371 g/mol. The summed E-state index contributed by atoms with van der Waals surface area (Å²) in [5.41, 5.74) is 0.511. The Morgan fingerprint density at radius 1 is 1.15 bits per heavy atom. The summed E-state index contributed by atoms with van der Waals surface area (Å²) < 4.78 is 1.42. The molecule has 1 aromatic heterocycles. The van der Waals surface area contributed by atoms with E-state index in [1.165, 1.54) is 4.57 Å². The summed E-state index contributed by atoms with van der Waals surface area (Å²) >= 11 is 5.96. The average Bonchev–Trinajstić information content (AvgIpc) is 2.61. The lowest BCUT2D eigenvalue weighted by atomic mass is 10.2. The molecule has 0 radical (unpaired) electrons. The van der Waals surface area contributed by atoms with Crippen LogP contribution >= 0.6 is 11.6 Å². The minimum Gasteiger partial charge on any atom is -0.341 e. The van der Waals surface area contributed by atoms with Gasteiger partial charge in [0.2, 0.25) is 5.91 Å². The SMILES string of the molecule is CN(Cc1cccc(Cl)c1)C(=O)CCn1c(=O)[nH]c(=O)c2ccccc21. The van der Waals surface area contributed by atoms with Crippen molar-refractivity contribution in [2.75, 3.05) is 7.05 Å². The second-order valence-electron chi connectivity index (χ2n) is 6.06. The number of para-hydroxylation sites is 1. The maximum absolute atomic E-state index is 12.4. The van der Waals surface area contributed by atoms with Crippen molar-refractivity contribution in [3.63, 3.8) is 0 Å². The molecule has 1 N–H and O–H groups in total. The van der Waals surface area contributed by atoms with Crippen LogP contribution in [-0.2, 0) is 17.9 Å². The third kappa shape index (κ3) is 3.86. The van der Waals surface area contributed by atoms with Crippen molar-refractivity contribution in [3.8, 4) is 0 Å². The van der Waals surface area contributed by atoms with Gasteiger partial charge in [0, 0.05) is 31.6 Å². The predicted molar refractivity (Wildman–Crippen MR) is 101 cm³/mol. The van der Waals surface area contributed by atoms with Crippen LogP contribution in [0.3, 0.4) is 0 Å². The van der Waals surface area contributed by atoms with Crippen LogP contribution in [0.25, 0.3) is 10.9 Å². The highest BCUT2D eigenvalue weighted by Gasteiger charge is 2.12. The van der Waals surface area contributed by atoms with Crippen LogP contribution in [0.4, 0.5) is 0 Å². The molecule has 0 fully saturated rings. The van der Waals surface area contributed by atoms with Crippen molar-refractivity contribution in [2.24, 2.45) is 0 Å². The average molecular weight is 372 g/mol. The smallest absolute Gasteiger partial charge is 0.328 e. The van der Waals surface area contributed by atoms with Crippen LogP contribution in [0.2, 0.25) is 5.02 Å². The number of amides is 1. The van der Waals surface area contributed by atoms with Gasteiger partial charge in [-0.25, -0.2) is 4.79 Å². The fourth-order valence-electron chi connectivity index (χ4n) is 2.86. The Hall–Kier alpha value is -2.86. The Morgan fingerprint density at radius 3 is 2.69 bits per heavy atom. The van der Waals surface area contributed by atoms with Gasteiger partial charge in [0.15, 0.2) is 0 Å². The summed E-state index contributed by atoms with van der Waals surface area (Å²) in [7, 11) is 1.71. The van der Waals surface area contributed by atoms with E-state index in [2.05, 4.69) is 4.98 Å². The fraction of sp³-hybridized carbons (Fsp3) is 0.211. The van der Waals surface area contributed by atoms with Crippen LogP contribution in [0.5, 0.6) is 0 Å². The summed E-state index contributed by atoms with van der Waals surface area (Å²) in [4.78, 5) is 40.3. The zero-order valence-electron chi connectivity index (χ0n) is 14.2. The number of halogens is 1. The Balaban J connectivity index is 1.75. The lowest BCUT2D eigenvalue weighted by Crippen LogP contribution is -2.33. The summed E-state index contributed by atoms with van der Waals surface area (Å²) in [5.74, 6) is -0.104. The number of hydrogen-bond donors (Lipinski definition) is 1. The number of aromatic nitrogens is 2. The normalized spacial score (nSPS) is 10.8. The molecule has 0 aliphatic rings. The number of nitrogens with zero attached hydrogens (tertiary/aromatic N) is 2. The lowest BCUT2D eigenvalue weighted by Gasteiger charge is -2.18. The van der Waals surface area contributed by atoms with Gasteiger partial charge in [-0.15, -0.1) is 0 Å². The molecule has 3 rings (SSSR count). The number of aromatic amines is 1. The van der Waals surface area contributed by atoms with Gasteiger partial charge < -0.3 is 4.90 Å². The molecule has 7 heteroatoms. The molecule has 0 unspecified atom stereocenters. The second kappa shape index (κ2) is 7.58.